The number of piperazine rings is 1. The predicted octanol–water partition coefficient (Wildman–Crippen LogP) is 3.12. The third kappa shape index (κ3) is 3.51. The Bertz CT molecular complexity index is 937. The third-order valence-corrected chi connectivity index (χ3v) is 5.18. The van der Waals surface area contributed by atoms with Gasteiger partial charge < -0.3 is 19.5 Å². The summed E-state index contributed by atoms with van der Waals surface area (Å²) in [6, 6.07) is 1.70. The first kappa shape index (κ1) is 20.3. The average molecular weight is 389 g/mol. The lowest BCUT2D eigenvalue weighted by molar-refractivity contribution is 0.112. The van der Waals surface area contributed by atoms with E-state index in [9.17, 15) is 9.59 Å². The second-order valence-electron chi connectivity index (χ2n) is 7.11. The quantitative estimate of drug-likeness (QED) is 0.814. The topological polar surface area (TPSA) is 63.6 Å². The van der Waals surface area contributed by atoms with Crippen molar-refractivity contribution in [2.75, 3.05) is 31.6 Å². The Morgan fingerprint density at radius 3 is 2.61 bits per heavy atom. The number of anilines is 1. The van der Waals surface area contributed by atoms with Crippen molar-refractivity contribution >= 4 is 22.9 Å². The molecule has 1 aliphatic carbocycles. The molecule has 0 radical (unpaired) electrons. The van der Waals surface area contributed by atoms with Crippen molar-refractivity contribution in [3.05, 3.63) is 33.9 Å². The number of rotatable bonds is 4. The summed E-state index contributed by atoms with van der Waals surface area (Å²) in [6.45, 7) is 8.11. The van der Waals surface area contributed by atoms with Crippen molar-refractivity contribution in [3.8, 4) is 5.75 Å². The molecule has 2 fully saturated rings. The van der Waals surface area contributed by atoms with Gasteiger partial charge in [0.05, 0.1) is 23.6 Å². The lowest BCUT2D eigenvalue weighted by Crippen LogP contribution is -2.49. The number of fused-ring (bicyclic) bond motifs is 1. The molecule has 1 saturated carbocycles. The van der Waals surface area contributed by atoms with Crippen molar-refractivity contribution in [2.24, 2.45) is 0 Å². The van der Waals surface area contributed by atoms with Gasteiger partial charge in [-0.15, -0.1) is 0 Å². The second kappa shape index (κ2) is 8.31. The van der Waals surface area contributed by atoms with Gasteiger partial charge in [0.15, 0.2) is 23.3 Å². The first-order valence-electron chi connectivity index (χ1n) is 9.94. The number of pyridine rings is 1. The van der Waals surface area contributed by atoms with Gasteiger partial charge in [-0.2, -0.15) is 0 Å². The van der Waals surface area contributed by atoms with E-state index in [1.54, 1.807) is 6.20 Å². The number of methoxy groups -OCH3 is 1. The average Bonchev–Trinajstić information content (AvgIpc) is 3.54. The van der Waals surface area contributed by atoms with Crippen LogP contribution < -0.4 is 20.4 Å². The van der Waals surface area contributed by atoms with Crippen LogP contribution in [0.5, 0.6) is 5.75 Å². The van der Waals surface area contributed by atoms with Gasteiger partial charge >= 0.3 is 0 Å². The highest BCUT2D eigenvalue weighted by atomic mass is 19.1. The van der Waals surface area contributed by atoms with Gasteiger partial charge in [0, 0.05) is 37.9 Å². The molecule has 2 aromatic rings. The van der Waals surface area contributed by atoms with Crippen LogP contribution in [0.25, 0.3) is 10.9 Å². The van der Waals surface area contributed by atoms with E-state index in [0.29, 0.717) is 36.3 Å². The zero-order valence-corrected chi connectivity index (χ0v) is 16.9. The molecule has 2 heterocycles. The molecule has 7 heteroatoms. The molecule has 1 N–H and O–H groups in total. The molecule has 6 nitrogen and oxygen atoms in total. The van der Waals surface area contributed by atoms with E-state index in [1.165, 1.54) is 13.2 Å². The molecule has 4 rings (SSSR count). The molecule has 2 aliphatic rings. The minimum absolute atomic E-state index is 0.0504. The van der Waals surface area contributed by atoms with Gasteiger partial charge in [-0.25, -0.2) is 4.39 Å². The molecular formula is C21H28FN3O3. The summed E-state index contributed by atoms with van der Waals surface area (Å²) >= 11 is 0. The summed E-state index contributed by atoms with van der Waals surface area (Å²) in [7, 11) is 1.50. The van der Waals surface area contributed by atoms with E-state index in [2.05, 4.69) is 5.32 Å². The Kier molecular flexibility index (Phi) is 6.03. The van der Waals surface area contributed by atoms with Crippen LogP contribution in [-0.2, 0) is 0 Å². The van der Waals surface area contributed by atoms with Crippen LogP contribution in [0.15, 0.2) is 17.1 Å². The number of nitrogens with zero attached hydrogens (tertiary/aromatic N) is 2. The molecule has 28 heavy (non-hydrogen) atoms. The standard InChI is InChI=1S/C19H22FN3O3.C2H6/c1-11-8-22(6-5-21-11)17-15(20)7-14-16(19(17)26-2)23(13-3-4-13)9-12(10-24)18(14)25;1-2/h7,9-11,13,21H,3-6,8H2,1-2H3;1-2H3. The van der Waals surface area contributed by atoms with E-state index < -0.39 is 11.2 Å². The number of aromatic nitrogens is 1. The summed E-state index contributed by atoms with van der Waals surface area (Å²) in [6.07, 6.45) is 4.06. The molecule has 1 atom stereocenters. The number of carbonyl (C=O) groups excluding carboxylic acids is 1. The van der Waals surface area contributed by atoms with Crippen molar-refractivity contribution < 1.29 is 13.9 Å². The monoisotopic (exact) mass is 389 g/mol. The molecule has 0 spiro atoms. The van der Waals surface area contributed by atoms with Crippen LogP contribution >= 0.6 is 0 Å². The fourth-order valence-electron chi connectivity index (χ4n) is 3.81. The Labute approximate surface area is 164 Å². The number of nitrogens with one attached hydrogen (secondary N) is 1. The largest absolute Gasteiger partial charge is 0.492 e. The zero-order chi connectivity index (χ0) is 20.4. The second-order valence-corrected chi connectivity index (χ2v) is 7.11. The Morgan fingerprint density at radius 1 is 1.32 bits per heavy atom. The van der Waals surface area contributed by atoms with Gasteiger partial charge in [-0.3, -0.25) is 9.59 Å². The van der Waals surface area contributed by atoms with Crippen LogP contribution in [0.4, 0.5) is 10.1 Å². The molecule has 0 bridgehead atoms. The minimum atomic E-state index is -0.494. The Balaban J connectivity index is 0.00000109. The van der Waals surface area contributed by atoms with E-state index in [4.69, 9.17) is 4.74 Å². The number of halogens is 1. The fraction of sp³-hybridized carbons (Fsp3) is 0.524. The summed E-state index contributed by atoms with van der Waals surface area (Å²) in [5.74, 6) is -0.124. The zero-order valence-electron chi connectivity index (χ0n) is 16.9. The van der Waals surface area contributed by atoms with Crippen LogP contribution in [0.2, 0.25) is 0 Å². The van der Waals surface area contributed by atoms with Crippen LogP contribution in [0, 0.1) is 5.82 Å². The van der Waals surface area contributed by atoms with Gasteiger partial charge in [0.25, 0.3) is 0 Å². The van der Waals surface area contributed by atoms with E-state index in [1.807, 2.05) is 30.2 Å². The molecular weight excluding hydrogens is 361 g/mol. The number of hydrogen-bond acceptors (Lipinski definition) is 5. The van der Waals surface area contributed by atoms with Gasteiger partial charge in [0.1, 0.15) is 5.69 Å². The number of ether oxygens (including phenoxy) is 1. The maximum Gasteiger partial charge on any atom is 0.200 e. The van der Waals surface area contributed by atoms with Crippen molar-refractivity contribution in [2.45, 2.75) is 45.7 Å². The highest BCUT2D eigenvalue weighted by molar-refractivity contribution is 5.94. The molecule has 1 unspecified atom stereocenters. The highest BCUT2D eigenvalue weighted by Gasteiger charge is 2.31. The SMILES string of the molecule is CC.COc1c(N2CCNC(C)C2)c(F)cc2c(=O)c(C=O)cn(C3CC3)c12. The molecule has 1 aromatic heterocycles. The highest BCUT2D eigenvalue weighted by Crippen LogP contribution is 2.43. The maximum absolute atomic E-state index is 15.1. The Morgan fingerprint density at radius 2 is 2.04 bits per heavy atom. The number of benzene rings is 1. The molecule has 1 saturated heterocycles. The lowest BCUT2D eigenvalue weighted by atomic mass is 10.1. The first-order valence-corrected chi connectivity index (χ1v) is 9.94. The van der Waals surface area contributed by atoms with Crippen LogP contribution in [0.1, 0.15) is 50.0 Å². The first-order chi connectivity index (χ1) is 13.5. The van der Waals surface area contributed by atoms with Crippen molar-refractivity contribution in [3.63, 3.8) is 0 Å². The minimum Gasteiger partial charge on any atom is -0.492 e. The van der Waals surface area contributed by atoms with Gasteiger partial charge in [-0.1, -0.05) is 13.8 Å². The van der Waals surface area contributed by atoms with Gasteiger partial charge in [0.2, 0.25) is 0 Å². The molecule has 0 amide bonds. The van der Waals surface area contributed by atoms with Crippen molar-refractivity contribution in [1.82, 2.24) is 9.88 Å². The van der Waals surface area contributed by atoms with E-state index in [0.717, 1.165) is 19.4 Å². The number of hydrogen-bond donors (Lipinski definition) is 1. The summed E-state index contributed by atoms with van der Waals surface area (Å²) in [5, 5.41) is 3.54. The van der Waals surface area contributed by atoms with Crippen LogP contribution in [-0.4, -0.2) is 43.6 Å². The third-order valence-electron chi connectivity index (χ3n) is 5.18. The van der Waals surface area contributed by atoms with Crippen molar-refractivity contribution in [1.29, 1.82) is 0 Å². The lowest BCUT2D eigenvalue weighted by Gasteiger charge is -2.35. The number of carbonyl (C=O) groups is 1. The van der Waals surface area contributed by atoms with E-state index in [-0.39, 0.29) is 23.0 Å². The van der Waals surface area contributed by atoms with Gasteiger partial charge in [-0.05, 0) is 25.8 Å². The fourth-order valence-corrected chi connectivity index (χ4v) is 3.81. The van der Waals surface area contributed by atoms with Crippen LogP contribution in [0.3, 0.4) is 0 Å². The summed E-state index contributed by atoms with van der Waals surface area (Å²) < 4.78 is 22.6. The summed E-state index contributed by atoms with van der Waals surface area (Å²) in [4.78, 5) is 25.9. The normalized spacial score (nSPS) is 19.2. The predicted molar refractivity (Wildman–Crippen MR) is 109 cm³/mol. The molecule has 152 valence electrons. The number of aldehydes is 1. The molecule has 1 aliphatic heterocycles. The smallest absolute Gasteiger partial charge is 0.200 e. The Hall–Kier alpha value is -2.41. The summed E-state index contributed by atoms with van der Waals surface area (Å²) in [5.41, 5.74) is 0.563. The maximum atomic E-state index is 15.1. The molecule has 1 aromatic carbocycles. The van der Waals surface area contributed by atoms with E-state index >= 15 is 4.39 Å².